The lowest BCUT2D eigenvalue weighted by Crippen LogP contribution is -2.43. The van der Waals surface area contributed by atoms with Gasteiger partial charge in [-0.2, -0.15) is 0 Å². The number of ether oxygens (including phenoxy) is 1. The van der Waals surface area contributed by atoms with Crippen LogP contribution in [0.4, 0.5) is 0 Å². The van der Waals surface area contributed by atoms with Crippen molar-refractivity contribution in [3.05, 3.63) is 29.3 Å². The molecule has 0 radical (unpaired) electrons. The standard InChI is InChI=1S/C17H27NO3/c1-12(2)9-17(5,20)11-18-15(19)10-21-16-13(3)7-6-8-14(16)4/h6-8,12,20H,9-11H2,1-5H3,(H,18,19). The molecule has 0 aromatic heterocycles. The zero-order valence-electron chi connectivity index (χ0n) is 13.7. The minimum atomic E-state index is -0.887. The Balaban J connectivity index is 2.45. The molecule has 4 heteroatoms. The van der Waals surface area contributed by atoms with E-state index in [1.165, 1.54) is 0 Å². The molecule has 0 aliphatic heterocycles. The second-order valence-corrected chi connectivity index (χ2v) is 6.38. The third-order valence-electron chi connectivity index (χ3n) is 3.27. The van der Waals surface area contributed by atoms with Gasteiger partial charge in [0, 0.05) is 6.54 Å². The van der Waals surface area contributed by atoms with Gasteiger partial charge in [-0.1, -0.05) is 32.0 Å². The maximum absolute atomic E-state index is 11.8. The third kappa shape index (κ3) is 6.17. The summed E-state index contributed by atoms with van der Waals surface area (Å²) >= 11 is 0. The summed E-state index contributed by atoms with van der Waals surface area (Å²) in [5.74, 6) is 0.908. The van der Waals surface area contributed by atoms with Crippen LogP contribution >= 0.6 is 0 Å². The van der Waals surface area contributed by atoms with E-state index in [2.05, 4.69) is 5.32 Å². The second-order valence-electron chi connectivity index (χ2n) is 6.38. The van der Waals surface area contributed by atoms with E-state index >= 15 is 0 Å². The summed E-state index contributed by atoms with van der Waals surface area (Å²) in [5.41, 5.74) is 1.13. The average molecular weight is 293 g/mol. The predicted molar refractivity (Wildman–Crippen MR) is 84.5 cm³/mol. The zero-order valence-corrected chi connectivity index (χ0v) is 13.7. The molecule has 1 aromatic rings. The molecule has 0 fully saturated rings. The van der Waals surface area contributed by atoms with Gasteiger partial charge in [0.1, 0.15) is 5.75 Å². The maximum atomic E-state index is 11.8. The SMILES string of the molecule is Cc1cccc(C)c1OCC(=O)NCC(C)(O)CC(C)C. The highest BCUT2D eigenvalue weighted by Crippen LogP contribution is 2.22. The zero-order chi connectivity index (χ0) is 16.0. The molecule has 2 N–H and O–H groups in total. The molecule has 0 aliphatic rings. The van der Waals surface area contributed by atoms with Crippen molar-refractivity contribution in [2.24, 2.45) is 5.92 Å². The topological polar surface area (TPSA) is 58.6 Å². The van der Waals surface area contributed by atoms with E-state index in [1.54, 1.807) is 6.92 Å². The van der Waals surface area contributed by atoms with E-state index in [0.29, 0.717) is 12.3 Å². The monoisotopic (exact) mass is 293 g/mol. The van der Waals surface area contributed by atoms with Crippen LogP contribution in [0, 0.1) is 19.8 Å². The van der Waals surface area contributed by atoms with E-state index < -0.39 is 5.60 Å². The van der Waals surface area contributed by atoms with E-state index in [4.69, 9.17) is 4.74 Å². The first-order valence-electron chi connectivity index (χ1n) is 7.39. The quantitative estimate of drug-likeness (QED) is 0.812. The Kier molecular flexibility index (Phi) is 6.21. The van der Waals surface area contributed by atoms with Crippen molar-refractivity contribution in [2.45, 2.75) is 46.6 Å². The molecule has 1 aromatic carbocycles. The van der Waals surface area contributed by atoms with E-state index in [9.17, 15) is 9.90 Å². The number of rotatable bonds is 7. The van der Waals surface area contributed by atoms with Gasteiger partial charge in [0.25, 0.3) is 5.91 Å². The summed E-state index contributed by atoms with van der Waals surface area (Å²) < 4.78 is 5.58. The van der Waals surface area contributed by atoms with Crippen LogP contribution in [0.1, 0.15) is 38.3 Å². The number of nitrogens with one attached hydrogen (secondary N) is 1. The fourth-order valence-corrected chi connectivity index (χ4v) is 2.46. The summed E-state index contributed by atoms with van der Waals surface area (Å²) in [6.07, 6.45) is 0.644. The smallest absolute Gasteiger partial charge is 0.258 e. The minimum Gasteiger partial charge on any atom is -0.483 e. The molecule has 0 saturated heterocycles. The molecule has 0 heterocycles. The van der Waals surface area contributed by atoms with Crippen LogP contribution in [0.15, 0.2) is 18.2 Å². The van der Waals surface area contributed by atoms with Crippen LogP contribution in [0.25, 0.3) is 0 Å². The molecule has 1 atom stereocenters. The number of amides is 1. The van der Waals surface area contributed by atoms with E-state index in [1.807, 2.05) is 45.9 Å². The average Bonchev–Trinajstić information content (AvgIpc) is 2.34. The molecule has 0 saturated carbocycles. The van der Waals surface area contributed by atoms with E-state index in [0.717, 1.165) is 16.9 Å². The van der Waals surface area contributed by atoms with Gasteiger partial charge in [0.2, 0.25) is 0 Å². The van der Waals surface area contributed by atoms with Crippen molar-refractivity contribution in [3.8, 4) is 5.75 Å². The molecule has 1 amide bonds. The van der Waals surface area contributed by atoms with E-state index in [-0.39, 0.29) is 19.1 Å². The first kappa shape index (κ1) is 17.5. The molecular weight excluding hydrogens is 266 g/mol. The lowest BCUT2D eigenvalue weighted by atomic mass is 9.94. The third-order valence-corrected chi connectivity index (χ3v) is 3.27. The van der Waals surface area contributed by atoms with Crippen LogP contribution in [0.3, 0.4) is 0 Å². The van der Waals surface area contributed by atoms with Gasteiger partial charge in [-0.05, 0) is 44.2 Å². The van der Waals surface area contributed by atoms with Crippen molar-refractivity contribution in [2.75, 3.05) is 13.2 Å². The number of carbonyl (C=O) groups is 1. The van der Waals surface area contributed by atoms with Crippen molar-refractivity contribution >= 4 is 5.91 Å². The first-order chi connectivity index (χ1) is 9.71. The van der Waals surface area contributed by atoms with Crippen LogP contribution in [-0.4, -0.2) is 29.8 Å². The molecule has 0 spiro atoms. The molecule has 4 nitrogen and oxygen atoms in total. The summed E-state index contributed by atoms with van der Waals surface area (Å²) in [5, 5.41) is 12.9. The molecule has 0 bridgehead atoms. The Morgan fingerprint density at radius 3 is 2.43 bits per heavy atom. The summed E-state index contributed by atoms with van der Waals surface area (Å²) in [6, 6.07) is 5.86. The molecule has 118 valence electrons. The highest BCUT2D eigenvalue weighted by atomic mass is 16.5. The summed E-state index contributed by atoms with van der Waals surface area (Å²) in [6.45, 7) is 9.92. The fraction of sp³-hybridized carbons (Fsp3) is 0.588. The van der Waals surface area contributed by atoms with Gasteiger partial charge >= 0.3 is 0 Å². The van der Waals surface area contributed by atoms with Crippen LogP contribution < -0.4 is 10.1 Å². The Morgan fingerprint density at radius 1 is 1.33 bits per heavy atom. The number of benzene rings is 1. The van der Waals surface area contributed by atoms with Crippen molar-refractivity contribution < 1.29 is 14.6 Å². The van der Waals surface area contributed by atoms with Crippen LogP contribution in [-0.2, 0) is 4.79 Å². The highest BCUT2D eigenvalue weighted by molar-refractivity contribution is 5.77. The number of hydrogen-bond donors (Lipinski definition) is 2. The van der Waals surface area contributed by atoms with Gasteiger partial charge in [-0.15, -0.1) is 0 Å². The number of aliphatic hydroxyl groups is 1. The van der Waals surface area contributed by atoms with Crippen molar-refractivity contribution in [1.82, 2.24) is 5.32 Å². The lowest BCUT2D eigenvalue weighted by molar-refractivity contribution is -0.124. The summed E-state index contributed by atoms with van der Waals surface area (Å²) in [7, 11) is 0. The van der Waals surface area contributed by atoms with Crippen LogP contribution in [0.2, 0.25) is 0 Å². The largest absolute Gasteiger partial charge is 0.483 e. The fourth-order valence-electron chi connectivity index (χ4n) is 2.46. The Bertz CT molecular complexity index is 461. The molecule has 1 rings (SSSR count). The van der Waals surface area contributed by atoms with Gasteiger partial charge in [0.05, 0.1) is 5.60 Å². The first-order valence-corrected chi connectivity index (χ1v) is 7.39. The number of aryl methyl sites for hydroxylation is 2. The molecule has 21 heavy (non-hydrogen) atoms. The Hall–Kier alpha value is -1.55. The van der Waals surface area contributed by atoms with Gasteiger partial charge in [-0.25, -0.2) is 0 Å². The molecule has 0 aliphatic carbocycles. The van der Waals surface area contributed by atoms with Gasteiger partial charge < -0.3 is 15.2 Å². The number of hydrogen-bond acceptors (Lipinski definition) is 3. The normalized spacial score (nSPS) is 13.9. The molecular formula is C17H27NO3. The van der Waals surface area contributed by atoms with Gasteiger partial charge in [0.15, 0.2) is 6.61 Å². The highest BCUT2D eigenvalue weighted by Gasteiger charge is 2.22. The lowest BCUT2D eigenvalue weighted by Gasteiger charge is -2.25. The predicted octanol–water partition coefficient (Wildman–Crippen LogP) is 2.60. The van der Waals surface area contributed by atoms with Crippen LogP contribution in [0.5, 0.6) is 5.75 Å². The van der Waals surface area contributed by atoms with Crippen molar-refractivity contribution in [3.63, 3.8) is 0 Å². The van der Waals surface area contributed by atoms with Crippen molar-refractivity contribution in [1.29, 1.82) is 0 Å². The summed E-state index contributed by atoms with van der Waals surface area (Å²) in [4.78, 5) is 11.8. The Labute approximate surface area is 127 Å². The maximum Gasteiger partial charge on any atom is 0.258 e. The second kappa shape index (κ2) is 7.46. The molecule has 1 unspecified atom stereocenters. The minimum absolute atomic E-state index is 0.0382. The Morgan fingerprint density at radius 2 is 1.90 bits per heavy atom. The number of carbonyl (C=O) groups excluding carboxylic acids is 1. The van der Waals surface area contributed by atoms with Gasteiger partial charge in [-0.3, -0.25) is 4.79 Å². The number of para-hydroxylation sites is 1.